The van der Waals surface area contributed by atoms with Gasteiger partial charge >= 0.3 is 0 Å². The molecule has 0 radical (unpaired) electrons. The summed E-state index contributed by atoms with van der Waals surface area (Å²) in [5.41, 5.74) is 0.446. The summed E-state index contributed by atoms with van der Waals surface area (Å²) in [6, 6.07) is 10.5. The maximum absolute atomic E-state index is 14.0. The van der Waals surface area contributed by atoms with Crippen molar-refractivity contribution in [2.75, 3.05) is 37.7 Å². The average molecular weight is 486 g/mol. The lowest BCUT2D eigenvalue weighted by Crippen LogP contribution is -2.48. The van der Waals surface area contributed by atoms with Gasteiger partial charge in [0.05, 0.1) is 18.7 Å². The van der Waals surface area contributed by atoms with Gasteiger partial charge in [0.2, 0.25) is 5.88 Å². The lowest BCUT2D eigenvalue weighted by atomic mass is 10.1. The molecule has 0 bridgehead atoms. The summed E-state index contributed by atoms with van der Waals surface area (Å²) in [4.78, 5) is 14.0. The van der Waals surface area contributed by atoms with Crippen LogP contribution in [0.4, 0.5) is 10.2 Å². The fraction of sp³-hybridized carbons (Fsp3) is 0.440. The third kappa shape index (κ3) is 5.19. The number of nitrogens with zero attached hydrogens (tertiary/aromatic N) is 5. The molecule has 2 atom stereocenters. The minimum Gasteiger partial charge on any atom is -0.473 e. The van der Waals surface area contributed by atoms with Crippen LogP contribution in [0.2, 0.25) is 5.02 Å². The Morgan fingerprint density at radius 1 is 1.21 bits per heavy atom. The molecule has 7 nitrogen and oxygen atoms in total. The maximum atomic E-state index is 14.0. The molecule has 2 aliphatic heterocycles. The van der Waals surface area contributed by atoms with E-state index in [9.17, 15) is 4.39 Å². The molecular weight excluding hydrogens is 457 g/mol. The number of halogens is 2. The van der Waals surface area contributed by atoms with Crippen LogP contribution in [-0.4, -0.2) is 58.3 Å². The number of hydrogen-bond donors (Lipinski definition) is 0. The molecule has 1 aromatic carbocycles. The summed E-state index contributed by atoms with van der Waals surface area (Å²) in [5.74, 6) is 2.05. The molecule has 0 spiro atoms. The predicted molar refractivity (Wildman–Crippen MR) is 129 cm³/mol. The van der Waals surface area contributed by atoms with Gasteiger partial charge in [-0.15, -0.1) is 0 Å². The normalized spacial score (nSPS) is 19.6. The maximum Gasteiger partial charge on any atom is 0.215 e. The molecular formula is C25H29ClFN5O2. The van der Waals surface area contributed by atoms with Crippen molar-refractivity contribution in [1.82, 2.24) is 19.4 Å². The van der Waals surface area contributed by atoms with E-state index in [1.54, 1.807) is 18.2 Å². The van der Waals surface area contributed by atoms with E-state index in [0.717, 1.165) is 57.4 Å². The Morgan fingerprint density at radius 2 is 2.03 bits per heavy atom. The quantitative estimate of drug-likeness (QED) is 0.473. The number of benzene rings is 1. The van der Waals surface area contributed by atoms with Crippen molar-refractivity contribution in [3.05, 3.63) is 71.0 Å². The summed E-state index contributed by atoms with van der Waals surface area (Å²) < 4.78 is 27.6. The smallest absolute Gasteiger partial charge is 0.215 e. The zero-order chi connectivity index (χ0) is 23.5. The van der Waals surface area contributed by atoms with Crippen molar-refractivity contribution in [2.24, 2.45) is 0 Å². The second-order valence-electron chi connectivity index (χ2n) is 8.78. The van der Waals surface area contributed by atoms with E-state index >= 15 is 0 Å². The fourth-order valence-corrected chi connectivity index (χ4v) is 4.60. The first-order valence-electron chi connectivity index (χ1n) is 11.7. The number of rotatable bonds is 8. The zero-order valence-electron chi connectivity index (χ0n) is 19.2. The molecule has 9 heteroatoms. The summed E-state index contributed by atoms with van der Waals surface area (Å²) in [6.07, 6.45) is 5.37. The van der Waals surface area contributed by atoms with Gasteiger partial charge in [-0.3, -0.25) is 4.90 Å². The number of imidazole rings is 1. The van der Waals surface area contributed by atoms with E-state index in [0.29, 0.717) is 22.6 Å². The number of ether oxygens (including phenoxy) is 2. The Kier molecular flexibility index (Phi) is 6.99. The second-order valence-corrected chi connectivity index (χ2v) is 9.21. The van der Waals surface area contributed by atoms with Gasteiger partial charge in [-0.1, -0.05) is 23.7 Å². The molecule has 3 aromatic rings. The third-order valence-corrected chi connectivity index (χ3v) is 6.84. The van der Waals surface area contributed by atoms with Crippen molar-refractivity contribution in [2.45, 2.75) is 38.6 Å². The molecule has 2 fully saturated rings. The molecule has 1 unspecified atom stereocenters. The van der Waals surface area contributed by atoms with E-state index in [1.807, 2.05) is 18.3 Å². The number of aromatic nitrogens is 3. The number of anilines is 1. The van der Waals surface area contributed by atoms with Gasteiger partial charge in [0, 0.05) is 61.8 Å². The first-order chi connectivity index (χ1) is 16.6. The summed E-state index contributed by atoms with van der Waals surface area (Å²) in [6.45, 7) is 7.61. The Balaban J connectivity index is 1.17. The molecule has 2 saturated heterocycles. The van der Waals surface area contributed by atoms with Crippen LogP contribution in [0.15, 0.2) is 48.8 Å². The Bertz CT molecular complexity index is 1110. The number of pyridine rings is 1. The van der Waals surface area contributed by atoms with Crippen LogP contribution in [0.3, 0.4) is 0 Å². The molecule has 2 aromatic heterocycles. The topological polar surface area (TPSA) is 55.7 Å². The van der Waals surface area contributed by atoms with Gasteiger partial charge in [0.15, 0.2) is 0 Å². The largest absolute Gasteiger partial charge is 0.473 e. The molecule has 2 aliphatic rings. The van der Waals surface area contributed by atoms with Crippen LogP contribution < -0.4 is 9.64 Å². The van der Waals surface area contributed by atoms with Crippen LogP contribution in [0.25, 0.3) is 0 Å². The zero-order valence-corrected chi connectivity index (χ0v) is 20.0. The van der Waals surface area contributed by atoms with Gasteiger partial charge in [-0.2, -0.15) is 4.98 Å². The second kappa shape index (κ2) is 10.3. The highest BCUT2D eigenvalue weighted by atomic mass is 35.5. The minimum atomic E-state index is -0.380. The van der Waals surface area contributed by atoms with Gasteiger partial charge in [0.1, 0.15) is 24.1 Å². The van der Waals surface area contributed by atoms with E-state index in [-0.39, 0.29) is 18.5 Å². The Labute approximate surface area is 204 Å². The van der Waals surface area contributed by atoms with E-state index < -0.39 is 0 Å². The lowest BCUT2D eigenvalue weighted by molar-refractivity contribution is -0.0599. The van der Waals surface area contributed by atoms with Crippen molar-refractivity contribution >= 4 is 17.4 Å². The van der Waals surface area contributed by atoms with Gasteiger partial charge in [0.25, 0.3) is 0 Å². The standard InChI is InChI=1S/C25H29ClFN5O2/c1-18(25-28-8-9-32(25)16-21-7-14-33-21)30-10-12-31(13-11-30)23-3-2-4-24(29-23)34-17-19-5-6-20(26)15-22(19)27/h2-6,8-9,15,18,21H,7,10-14,16-17H2,1H3/t18?,21-/m0/s1. The molecule has 0 amide bonds. The van der Waals surface area contributed by atoms with Crippen molar-refractivity contribution in [1.29, 1.82) is 0 Å². The summed E-state index contributed by atoms with van der Waals surface area (Å²) >= 11 is 5.82. The van der Waals surface area contributed by atoms with E-state index in [2.05, 4.69) is 37.5 Å². The monoisotopic (exact) mass is 485 g/mol. The van der Waals surface area contributed by atoms with Crippen LogP contribution >= 0.6 is 11.6 Å². The molecule has 4 heterocycles. The Morgan fingerprint density at radius 3 is 2.76 bits per heavy atom. The molecule has 0 saturated carbocycles. The van der Waals surface area contributed by atoms with Gasteiger partial charge in [-0.25, -0.2) is 9.37 Å². The first-order valence-corrected chi connectivity index (χ1v) is 12.1. The van der Waals surface area contributed by atoms with Crippen LogP contribution in [0.5, 0.6) is 5.88 Å². The predicted octanol–water partition coefficient (Wildman–Crippen LogP) is 4.32. The average Bonchev–Trinajstić information content (AvgIpc) is 3.29. The molecule has 180 valence electrons. The SMILES string of the molecule is CC(c1nccn1C[C@@H]1CCO1)N1CCN(c2cccc(OCc3ccc(Cl)cc3F)n2)CC1. The molecule has 34 heavy (non-hydrogen) atoms. The minimum absolute atomic E-state index is 0.100. The van der Waals surface area contributed by atoms with Gasteiger partial charge < -0.3 is 18.9 Å². The van der Waals surface area contributed by atoms with Crippen molar-refractivity contribution in [3.63, 3.8) is 0 Å². The van der Waals surface area contributed by atoms with E-state index in [1.165, 1.54) is 6.07 Å². The fourth-order valence-electron chi connectivity index (χ4n) is 4.44. The van der Waals surface area contributed by atoms with E-state index in [4.69, 9.17) is 21.1 Å². The lowest BCUT2D eigenvalue weighted by Gasteiger charge is -2.38. The van der Waals surface area contributed by atoms with Crippen molar-refractivity contribution in [3.8, 4) is 5.88 Å². The molecule has 5 rings (SSSR count). The third-order valence-electron chi connectivity index (χ3n) is 6.60. The van der Waals surface area contributed by atoms with Gasteiger partial charge in [-0.05, 0) is 31.5 Å². The van der Waals surface area contributed by atoms with Crippen LogP contribution in [0, 0.1) is 5.82 Å². The molecule has 0 N–H and O–H groups in total. The first kappa shape index (κ1) is 23.1. The van der Waals surface area contributed by atoms with Crippen molar-refractivity contribution < 1.29 is 13.9 Å². The highest BCUT2D eigenvalue weighted by Crippen LogP contribution is 2.25. The summed E-state index contributed by atoms with van der Waals surface area (Å²) in [7, 11) is 0. The highest BCUT2D eigenvalue weighted by Gasteiger charge is 2.27. The highest BCUT2D eigenvalue weighted by molar-refractivity contribution is 6.30. The number of hydrogen-bond acceptors (Lipinski definition) is 6. The molecule has 0 aliphatic carbocycles. The summed E-state index contributed by atoms with van der Waals surface area (Å²) in [5, 5.41) is 0.367. The van der Waals surface area contributed by atoms with Crippen LogP contribution in [-0.2, 0) is 17.9 Å². The Hall–Kier alpha value is -2.68. The van der Waals surface area contributed by atoms with Crippen LogP contribution in [0.1, 0.15) is 30.8 Å². The number of piperazine rings is 1.